The van der Waals surface area contributed by atoms with Crippen LogP contribution in [0, 0.1) is 0 Å². The van der Waals surface area contributed by atoms with Crippen molar-refractivity contribution in [1.82, 2.24) is 5.16 Å². The zero-order valence-electron chi connectivity index (χ0n) is 7.17. The number of rotatable bonds is 2. The maximum atomic E-state index is 5.12. The Kier molecular flexibility index (Phi) is 2.22. The summed E-state index contributed by atoms with van der Waals surface area (Å²) in [7, 11) is 0. The molecule has 4 heteroatoms. The van der Waals surface area contributed by atoms with Crippen molar-refractivity contribution < 1.29 is 4.52 Å². The van der Waals surface area contributed by atoms with E-state index in [4.69, 9.17) is 4.52 Å². The summed E-state index contributed by atoms with van der Waals surface area (Å²) >= 11 is 3.41. The van der Waals surface area contributed by atoms with Gasteiger partial charge in [0.1, 0.15) is 0 Å². The number of nitrogens with zero attached hydrogens (tertiary/aromatic N) is 1. The van der Waals surface area contributed by atoms with Gasteiger partial charge in [0.15, 0.2) is 11.4 Å². The molecule has 0 aliphatic heterocycles. The fourth-order valence-electron chi connectivity index (χ4n) is 1.21. The molecule has 0 amide bonds. The zero-order valence-corrected chi connectivity index (χ0v) is 8.76. The fourth-order valence-corrected chi connectivity index (χ4v) is 1.57. The van der Waals surface area contributed by atoms with Crippen LogP contribution >= 0.6 is 15.9 Å². The smallest absolute Gasteiger partial charge is 0.177 e. The summed E-state index contributed by atoms with van der Waals surface area (Å²) in [6.45, 7) is 2.87. The van der Waals surface area contributed by atoms with Crippen LogP contribution in [0.5, 0.6) is 0 Å². The van der Waals surface area contributed by atoms with Gasteiger partial charge in [-0.3, -0.25) is 0 Å². The van der Waals surface area contributed by atoms with Crippen LogP contribution in [0.15, 0.2) is 27.2 Å². The highest BCUT2D eigenvalue weighted by atomic mass is 79.9. The molecule has 0 unspecified atom stereocenters. The minimum atomic E-state index is 0.804. The number of hydrogen-bond donors (Lipinski definition) is 1. The minimum absolute atomic E-state index is 0.804. The van der Waals surface area contributed by atoms with Gasteiger partial charge in [-0.25, -0.2) is 0 Å². The molecule has 0 atom stereocenters. The molecular weight excluding hydrogens is 232 g/mol. The van der Waals surface area contributed by atoms with Gasteiger partial charge in [0.2, 0.25) is 0 Å². The van der Waals surface area contributed by atoms with Crippen LogP contribution in [-0.2, 0) is 0 Å². The van der Waals surface area contributed by atoms with E-state index in [2.05, 4.69) is 26.4 Å². The van der Waals surface area contributed by atoms with Crippen LogP contribution in [0.3, 0.4) is 0 Å². The van der Waals surface area contributed by atoms with Crippen molar-refractivity contribution in [3.8, 4) is 0 Å². The van der Waals surface area contributed by atoms with Crippen molar-refractivity contribution in [3.05, 3.63) is 22.7 Å². The van der Waals surface area contributed by atoms with Gasteiger partial charge in [0.05, 0.1) is 5.39 Å². The quantitative estimate of drug-likeness (QED) is 0.878. The number of fused-ring (bicyclic) bond motifs is 1. The summed E-state index contributed by atoms with van der Waals surface area (Å²) in [6, 6.07) is 5.82. The largest absolute Gasteiger partial charge is 0.367 e. The first-order valence-electron chi connectivity index (χ1n) is 4.10. The van der Waals surface area contributed by atoms with E-state index in [-0.39, 0.29) is 0 Å². The molecule has 2 aromatic rings. The van der Waals surface area contributed by atoms with E-state index in [0.29, 0.717) is 0 Å². The predicted molar refractivity (Wildman–Crippen MR) is 55.9 cm³/mol. The molecule has 0 aliphatic carbocycles. The minimum Gasteiger partial charge on any atom is -0.367 e. The summed E-state index contributed by atoms with van der Waals surface area (Å²) in [4.78, 5) is 0. The summed E-state index contributed by atoms with van der Waals surface area (Å²) < 4.78 is 6.15. The molecule has 0 fully saturated rings. The topological polar surface area (TPSA) is 38.1 Å². The van der Waals surface area contributed by atoms with Crippen molar-refractivity contribution in [2.45, 2.75) is 6.92 Å². The standard InChI is InChI=1S/C9H9BrN2O/c1-2-11-9-7-5-6(10)3-4-8(7)13-12-9/h3-5H,2H2,1H3,(H,11,12). The Hall–Kier alpha value is -1.03. The van der Waals surface area contributed by atoms with Gasteiger partial charge in [-0.05, 0) is 25.1 Å². The molecule has 1 aromatic heterocycles. The monoisotopic (exact) mass is 240 g/mol. The van der Waals surface area contributed by atoms with E-state index in [1.165, 1.54) is 0 Å². The third-order valence-corrected chi connectivity index (χ3v) is 2.27. The van der Waals surface area contributed by atoms with E-state index in [9.17, 15) is 0 Å². The molecular formula is C9H9BrN2O. The van der Waals surface area contributed by atoms with E-state index in [1.54, 1.807) is 0 Å². The van der Waals surface area contributed by atoms with E-state index in [1.807, 2.05) is 25.1 Å². The number of aromatic nitrogens is 1. The number of nitrogens with one attached hydrogen (secondary N) is 1. The van der Waals surface area contributed by atoms with Crippen LogP contribution in [0.4, 0.5) is 5.82 Å². The average molecular weight is 241 g/mol. The molecule has 68 valence electrons. The van der Waals surface area contributed by atoms with Gasteiger partial charge in [0.25, 0.3) is 0 Å². The highest BCUT2D eigenvalue weighted by Crippen LogP contribution is 2.25. The Morgan fingerprint density at radius 2 is 2.38 bits per heavy atom. The van der Waals surface area contributed by atoms with Crippen molar-refractivity contribution in [2.24, 2.45) is 0 Å². The maximum Gasteiger partial charge on any atom is 0.177 e. The lowest BCUT2D eigenvalue weighted by atomic mass is 10.2. The zero-order chi connectivity index (χ0) is 9.26. The first-order chi connectivity index (χ1) is 6.31. The van der Waals surface area contributed by atoms with Gasteiger partial charge in [0, 0.05) is 11.0 Å². The van der Waals surface area contributed by atoms with Crippen LogP contribution in [-0.4, -0.2) is 11.7 Å². The Labute approximate surface area is 84.2 Å². The van der Waals surface area contributed by atoms with E-state index in [0.717, 1.165) is 27.8 Å². The van der Waals surface area contributed by atoms with E-state index >= 15 is 0 Å². The predicted octanol–water partition coefficient (Wildman–Crippen LogP) is 3.02. The normalized spacial score (nSPS) is 10.6. The molecule has 0 saturated carbocycles. The molecule has 1 heterocycles. The average Bonchev–Trinajstić information content (AvgIpc) is 2.49. The fraction of sp³-hybridized carbons (Fsp3) is 0.222. The molecule has 1 aromatic carbocycles. The molecule has 13 heavy (non-hydrogen) atoms. The third-order valence-electron chi connectivity index (χ3n) is 1.78. The Morgan fingerprint density at radius 1 is 1.54 bits per heavy atom. The molecule has 1 N–H and O–H groups in total. The summed E-state index contributed by atoms with van der Waals surface area (Å²) in [5.41, 5.74) is 0.805. The highest BCUT2D eigenvalue weighted by Gasteiger charge is 2.06. The Bertz CT molecular complexity index is 424. The summed E-state index contributed by atoms with van der Waals surface area (Å²) in [6.07, 6.45) is 0. The van der Waals surface area contributed by atoms with Crippen molar-refractivity contribution in [2.75, 3.05) is 11.9 Å². The SMILES string of the molecule is CCNc1noc2ccc(Br)cc12. The van der Waals surface area contributed by atoms with Gasteiger partial charge in [-0.15, -0.1) is 0 Å². The number of hydrogen-bond acceptors (Lipinski definition) is 3. The second-order valence-electron chi connectivity index (χ2n) is 2.70. The first kappa shape index (κ1) is 8.56. The number of anilines is 1. The molecule has 3 nitrogen and oxygen atoms in total. The van der Waals surface area contributed by atoms with Gasteiger partial charge < -0.3 is 9.84 Å². The molecule has 2 rings (SSSR count). The van der Waals surface area contributed by atoms with Crippen LogP contribution < -0.4 is 5.32 Å². The van der Waals surface area contributed by atoms with Crippen LogP contribution in [0.2, 0.25) is 0 Å². The third kappa shape index (κ3) is 1.54. The second kappa shape index (κ2) is 3.38. The summed E-state index contributed by atoms with van der Waals surface area (Å²) in [5, 5.41) is 8.06. The lowest BCUT2D eigenvalue weighted by Crippen LogP contribution is -1.96. The Morgan fingerprint density at radius 3 is 3.15 bits per heavy atom. The van der Waals surface area contributed by atoms with Gasteiger partial charge >= 0.3 is 0 Å². The van der Waals surface area contributed by atoms with E-state index < -0.39 is 0 Å². The van der Waals surface area contributed by atoms with Crippen molar-refractivity contribution in [1.29, 1.82) is 0 Å². The second-order valence-corrected chi connectivity index (χ2v) is 3.62. The van der Waals surface area contributed by atoms with Crippen molar-refractivity contribution in [3.63, 3.8) is 0 Å². The summed E-state index contributed by atoms with van der Waals surface area (Å²) in [5.74, 6) is 0.804. The molecule has 0 spiro atoms. The number of benzene rings is 1. The number of halogens is 1. The van der Waals surface area contributed by atoms with Crippen LogP contribution in [0.25, 0.3) is 11.0 Å². The molecule has 0 radical (unpaired) electrons. The van der Waals surface area contributed by atoms with Gasteiger partial charge in [-0.2, -0.15) is 0 Å². The van der Waals surface area contributed by atoms with Crippen LogP contribution in [0.1, 0.15) is 6.92 Å². The lowest BCUT2D eigenvalue weighted by Gasteiger charge is -1.95. The maximum absolute atomic E-state index is 5.12. The van der Waals surface area contributed by atoms with Gasteiger partial charge in [-0.1, -0.05) is 21.1 Å². The first-order valence-corrected chi connectivity index (χ1v) is 4.89. The highest BCUT2D eigenvalue weighted by molar-refractivity contribution is 9.10. The molecule has 0 saturated heterocycles. The lowest BCUT2D eigenvalue weighted by molar-refractivity contribution is 0.459. The molecule has 0 aliphatic rings. The van der Waals surface area contributed by atoms with Crippen molar-refractivity contribution >= 4 is 32.7 Å². The Balaban J connectivity index is 2.58. The molecule has 0 bridgehead atoms.